The predicted molar refractivity (Wildman–Crippen MR) is 118 cm³/mol. The average molecular weight is 398 g/mol. The Hall–Kier alpha value is -3.86. The van der Waals surface area contributed by atoms with Crippen molar-refractivity contribution in [3.05, 3.63) is 89.9 Å². The van der Waals surface area contributed by atoms with E-state index in [9.17, 15) is 4.79 Å². The number of rotatable bonds is 7. The Labute approximate surface area is 175 Å². The molecule has 0 bridgehead atoms. The second-order valence-corrected chi connectivity index (χ2v) is 6.76. The van der Waals surface area contributed by atoms with E-state index in [2.05, 4.69) is 9.97 Å². The van der Waals surface area contributed by atoms with Gasteiger partial charge in [0.25, 0.3) is 0 Å². The van der Waals surface area contributed by atoms with Crippen LogP contribution in [0.5, 0.6) is 11.5 Å². The second kappa shape index (κ2) is 9.09. The van der Waals surface area contributed by atoms with Crippen LogP contribution >= 0.6 is 0 Å². The molecule has 0 atom stereocenters. The number of aromatic amines is 1. The molecule has 5 heteroatoms. The molecular weight excluding hydrogens is 376 g/mol. The van der Waals surface area contributed by atoms with Gasteiger partial charge in [-0.15, -0.1) is 0 Å². The number of hydrogen-bond donors (Lipinski definition) is 1. The Morgan fingerprint density at radius 3 is 2.63 bits per heavy atom. The normalized spacial score (nSPS) is 11.1. The van der Waals surface area contributed by atoms with Gasteiger partial charge in [0.15, 0.2) is 11.5 Å². The smallest absolute Gasteiger partial charge is 0.315 e. The number of carbonyl (C=O) groups excluding carboxylic acids is 1. The average Bonchev–Trinajstić information content (AvgIpc) is 3.17. The summed E-state index contributed by atoms with van der Waals surface area (Å²) in [6, 6.07) is 17.3. The maximum atomic E-state index is 12.6. The van der Waals surface area contributed by atoms with E-state index in [0.717, 1.165) is 27.6 Å². The first-order chi connectivity index (χ1) is 14.7. The van der Waals surface area contributed by atoms with Crippen molar-refractivity contribution < 1.29 is 14.3 Å². The van der Waals surface area contributed by atoms with Crippen LogP contribution in [0.4, 0.5) is 0 Å². The number of fused-ring (bicyclic) bond motifs is 1. The van der Waals surface area contributed by atoms with Gasteiger partial charge >= 0.3 is 5.97 Å². The minimum atomic E-state index is -0.333. The minimum absolute atomic E-state index is 0.180. The number of nitrogens with zero attached hydrogens (tertiary/aromatic N) is 1. The fourth-order valence-corrected chi connectivity index (χ4v) is 3.24. The lowest BCUT2D eigenvalue weighted by molar-refractivity contribution is -0.133. The fraction of sp³-hybridized carbons (Fsp3) is 0.120. The minimum Gasteiger partial charge on any atom is -0.490 e. The van der Waals surface area contributed by atoms with Crippen molar-refractivity contribution >= 4 is 29.0 Å². The van der Waals surface area contributed by atoms with Gasteiger partial charge in [0.1, 0.15) is 0 Å². The molecule has 2 aromatic carbocycles. The summed E-state index contributed by atoms with van der Waals surface area (Å²) in [5.41, 5.74) is 3.91. The molecule has 0 radical (unpaired) electrons. The first-order valence-electron chi connectivity index (χ1n) is 9.83. The van der Waals surface area contributed by atoms with Crippen LogP contribution in [0.15, 0.2) is 73.2 Å². The van der Waals surface area contributed by atoms with E-state index in [1.54, 1.807) is 18.5 Å². The monoisotopic (exact) mass is 398 g/mol. The summed E-state index contributed by atoms with van der Waals surface area (Å²) in [7, 11) is 0. The zero-order valence-corrected chi connectivity index (χ0v) is 16.7. The van der Waals surface area contributed by atoms with Gasteiger partial charge in [0, 0.05) is 29.5 Å². The zero-order valence-electron chi connectivity index (χ0n) is 16.7. The molecule has 4 rings (SSSR count). The van der Waals surface area contributed by atoms with Crippen LogP contribution in [-0.4, -0.2) is 22.5 Å². The number of pyridine rings is 1. The summed E-state index contributed by atoms with van der Waals surface area (Å²) in [5.74, 6) is 0.630. The van der Waals surface area contributed by atoms with Gasteiger partial charge in [0.2, 0.25) is 0 Å². The van der Waals surface area contributed by atoms with Crippen LogP contribution in [0.25, 0.3) is 23.1 Å². The van der Waals surface area contributed by atoms with E-state index in [4.69, 9.17) is 9.47 Å². The number of nitrogens with one attached hydrogen (secondary N) is 1. The molecule has 150 valence electrons. The highest BCUT2D eigenvalue weighted by Gasteiger charge is 2.14. The second-order valence-electron chi connectivity index (χ2n) is 6.76. The highest BCUT2D eigenvalue weighted by Crippen LogP contribution is 2.30. The summed E-state index contributed by atoms with van der Waals surface area (Å²) in [6.07, 6.45) is 9.51. The lowest BCUT2D eigenvalue weighted by Crippen LogP contribution is -2.12. The summed E-state index contributed by atoms with van der Waals surface area (Å²) >= 11 is 0. The quantitative estimate of drug-likeness (QED) is 0.340. The highest BCUT2D eigenvalue weighted by molar-refractivity contribution is 5.88. The van der Waals surface area contributed by atoms with Crippen molar-refractivity contribution in [1.82, 2.24) is 9.97 Å². The number of benzene rings is 2. The molecule has 0 spiro atoms. The molecule has 0 saturated carbocycles. The molecule has 0 unspecified atom stereocenters. The predicted octanol–water partition coefficient (Wildman–Crippen LogP) is 5.28. The van der Waals surface area contributed by atoms with E-state index in [-0.39, 0.29) is 12.4 Å². The standard InChI is InChI=1S/C25H22N2O3/c1-2-29-24-15-19(8-7-18-11-13-26-14-12-18)9-10-23(24)30-25(28)16-20-17-27-22-6-4-3-5-21(20)22/h3-15,17,27H,2,16H2,1H3/b8-7+. The van der Waals surface area contributed by atoms with Gasteiger partial charge in [-0.1, -0.05) is 36.4 Å². The number of H-pyrrole nitrogens is 1. The maximum absolute atomic E-state index is 12.6. The Balaban J connectivity index is 1.50. The maximum Gasteiger partial charge on any atom is 0.315 e. The van der Waals surface area contributed by atoms with Crippen molar-refractivity contribution in [2.24, 2.45) is 0 Å². The number of carbonyl (C=O) groups is 1. The van der Waals surface area contributed by atoms with Crippen molar-refractivity contribution in [2.75, 3.05) is 6.61 Å². The molecule has 0 saturated heterocycles. The molecule has 4 aromatic rings. The summed E-state index contributed by atoms with van der Waals surface area (Å²) in [4.78, 5) is 19.8. The first-order valence-corrected chi connectivity index (χ1v) is 9.83. The van der Waals surface area contributed by atoms with Crippen LogP contribution in [0, 0.1) is 0 Å². The molecule has 5 nitrogen and oxygen atoms in total. The number of hydrogen-bond acceptors (Lipinski definition) is 4. The third-order valence-corrected chi connectivity index (χ3v) is 4.68. The largest absolute Gasteiger partial charge is 0.490 e. The van der Waals surface area contributed by atoms with E-state index >= 15 is 0 Å². The number of para-hydroxylation sites is 1. The molecule has 0 aliphatic rings. The van der Waals surface area contributed by atoms with Crippen LogP contribution < -0.4 is 9.47 Å². The molecule has 0 amide bonds. The van der Waals surface area contributed by atoms with Gasteiger partial charge in [-0.05, 0) is 53.9 Å². The number of aromatic nitrogens is 2. The number of esters is 1. The van der Waals surface area contributed by atoms with Crippen LogP contribution in [0.2, 0.25) is 0 Å². The SMILES string of the molecule is CCOc1cc(/C=C/c2ccncc2)ccc1OC(=O)Cc1c[nH]c2ccccc12. The molecule has 0 aliphatic carbocycles. The van der Waals surface area contributed by atoms with Crippen LogP contribution in [0.1, 0.15) is 23.6 Å². The van der Waals surface area contributed by atoms with E-state index in [1.807, 2.05) is 73.8 Å². The van der Waals surface area contributed by atoms with Gasteiger partial charge in [-0.25, -0.2) is 0 Å². The van der Waals surface area contributed by atoms with Crippen molar-refractivity contribution in [1.29, 1.82) is 0 Å². The Morgan fingerprint density at radius 2 is 1.80 bits per heavy atom. The molecular formula is C25H22N2O3. The van der Waals surface area contributed by atoms with Gasteiger partial charge < -0.3 is 14.5 Å². The molecule has 30 heavy (non-hydrogen) atoms. The first kappa shape index (κ1) is 19.5. The zero-order chi connectivity index (χ0) is 20.8. The molecule has 2 heterocycles. The fourth-order valence-electron chi connectivity index (χ4n) is 3.24. The van der Waals surface area contributed by atoms with Crippen molar-refractivity contribution in [2.45, 2.75) is 13.3 Å². The van der Waals surface area contributed by atoms with Gasteiger partial charge in [-0.2, -0.15) is 0 Å². The topological polar surface area (TPSA) is 64.2 Å². The van der Waals surface area contributed by atoms with Gasteiger partial charge in [-0.3, -0.25) is 9.78 Å². The molecule has 0 fully saturated rings. The van der Waals surface area contributed by atoms with E-state index in [0.29, 0.717) is 18.1 Å². The van der Waals surface area contributed by atoms with Crippen LogP contribution in [0.3, 0.4) is 0 Å². The van der Waals surface area contributed by atoms with E-state index in [1.165, 1.54) is 0 Å². The molecule has 2 aromatic heterocycles. The Morgan fingerprint density at radius 1 is 1.00 bits per heavy atom. The Bertz CT molecular complexity index is 1180. The summed E-state index contributed by atoms with van der Waals surface area (Å²) < 4.78 is 11.3. The summed E-state index contributed by atoms with van der Waals surface area (Å²) in [5, 5.41) is 1.02. The number of ether oxygens (including phenoxy) is 2. The third kappa shape index (κ3) is 4.58. The van der Waals surface area contributed by atoms with Crippen LogP contribution in [-0.2, 0) is 11.2 Å². The molecule has 1 N–H and O–H groups in total. The van der Waals surface area contributed by atoms with E-state index < -0.39 is 0 Å². The molecule has 0 aliphatic heterocycles. The van der Waals surface area contributed by atoms with Crippen molar-refractivity contribution in [3.63, 3.8) is 0 Å². The summed E-state index contributed by atoms with van der Waals surface area (Å²) in [6.45, 7) is 2.38. The lowest BCUT2D eigenvalue weighted by atomic mass is 10.1. The lowest BCUT2D eigenvalue weighted by Gasteiger charge is -2.11. The highest BCUT2D eigenvalue weighted by atomic mass is 16.6. The third-order valence-electron chi connectivity index (χ3n) is 4.68. The Kier molecular flexibility index (Phi) is 5.90. The van der Waals surface area contributed by atoms with Gasteiger partial charge in [0.05, 0.1) is 13.0 Å². The van der Waals surface area contributed by atoms with Crippen molar-refractivity contribution in [3.8, 4) is 11.5 Å².